The zero-order valence-electron chi connectivity index (χ0n) is 13.0. The molecule has 130 valence electrons. The van der Waals surface area contributed by atoms with Gasteiger partial charge in [0.1, 0.15) is 5.82 Å². The molecule has 1 heterocycles. The fourth-order valence-electron chi connectivity index (χ4n) is 2.22. The van der Waals surface area contributed by atoms with Crippen molar-refractivity contribution in [2.75, 3.05) is 0 Å². The van der Waals surface area contributed by atoms with Crippen molar-refractivity contribution in [2.24, 2.45) is 0 Å². The van der Waals surface area contributed by atoms with Crippen LogP contribution in [0.15, 0.2) is 51.9 Å². The summed E-state index contributed by atoms with van der Waals surface area (Å²) < 4.78 is 45.2. The number of nitrogens with one attached hydrogen (secondary N) is 1. The van der Waals surface area contributed by atoms with E-state index in [1.165, 1.54) is 13.0 Å². The van der Waals surface area contributed by atoms with Gasteiger partial charge in [0.2, 0.25) is 21.7 Å². The summed E-state index contributed by atoms with van der Waals surface area (Å²) in [6.07, 6.45) is 0. The second kappa shape index (κ2) is 6.91. The average molecular weight is 382 g/mol. The Hall–Kier alpha value is -2.29. The van der Waals surface area contributed by atoms with E-state index in [0.717, 1.165) is 12.1 Å². The number of halogens is 2. The van der Waals surface area contributed by atoms with E-state index in [0.29, 0.717) is 22.0 Å². The molecule has 0 radical (unpaired) electrons. The monoisotopic (exact) mass is 381 g/mol. The van der Waals surface area contributed by atoms with Crippen LogP contribution in [0, 0.1) is 12.7 Å². The fraction of sp³-hybridized carbons (Fsp3) is 0.125. The molecule has 0 unspecified atom stereocenters. The number of rotatable bonds is 5. The number of sulfonamides is 1. The zero-order valence-corrected chi connectivity index (χ0v) is 14.6. The maximum absolute atomic E-state index is 13.1. The highest BCUT2D eigenvalue weighted by Crippen LogP contribution is 2.20. The molecule has 0 saturated heterocycles. The molecule has 2 aromatic carbocycles. The molecule has 0 aliphatic carbocycles. The van der Waals surface area contributed by atoms with E-state index in [1.807, 2.05) is 0 Å². The van der Waals surface area contributed by atoms with Gasteiger partial charge in [0.15, 0.2) is 0 Å². The Morgan fingerprint density at radius 1 is 1.24 bits per heavy atom. The molecule has 6 nitrogen and oxygen atoms in total. The minimum absolute atomic E-state index is 0.0107. The van der Waals surface area contributed by atoms with Gasteiger partial charge in [-0.1, -0.05) is 28.9 Å². The predicted octanol–water partition coefficient (Wildman–Crippen LogP) is 3.32. The summed E-state index contributed by atoms with van der Waals surface area (Å²) in [5, 5.41) is 4.33. The number of hydrogen-bond acceptors (Lipinski definition) is 5. The minimum atomic E-state index is -3.83. The average Bonchev–Trinajstić information content (AvgIpc) is 3.02. The van der Waals surface area contributed by atoms with E-state index >= 15 is 0 Å². The highest BCUT2D eigenvalue weighted by atomic mass is 35.5. The van der Waals surface area contributed by atoms with Gasteiger partial charge in [-0.3, -0.25) is 0 Å². The molecule has 3 rings (SSSR count). The van der Waals surface area contributed by atoms with Crippen molar-refractivity contribution in [1.29, 1.82) is 0 Å². The molecule has 0 amide bonds. The summed E-state index contributed by atoms with van der Waals surface area (Å²) in [4.78, 5) is 4.12. The van der Waals surface area contributed by atoms with Crippen LogP contribution in [0.2, 0.25) is 5.02 Å². The lowest BCUT2D eigenvalue weighted by atomic mass is 10.2. The molecule has 0 spiro atoms. The molecule has 0 fully saturated rings. The van der Waals surface area contributed by atoms with Crippen LogP contribution in [-0.4, -0.2) is 18.6 Å². The Morgan fingerprint density at radius 3 is 2.76 bits per heavy atom. The Balaban J connectivity index is 1.75. The molecule has 0 atom stereocenters. The Labute approximate surface area is 148 Å². The van der Waals surface area contributed by atoms with Gasteiger partial charge < -0.3 is 4.52 Å². The number of hydrogen-bond donors (Lipinski definition) is 1. The van der Waals surface area contributed by atoms with Crippen molar-refractivity contribution < 1.29 is 17.3 Å². The molecule has 3 aromatic rings. The maximum Gasteiger partial charge on any atom is 0.242 e. The Morgan fingerprint density at radius 2 is 2.04 bits per heavy atom. The molecule has 0 aliphatic heterocycles. The first-order chi connectivity index (χ1) is 11.8. The molecule has 25 heavy (non-hydrogen) atoms. The van der Waals surface area contributed by atoms with Crippen LogP contribution < -0.4 is 4.72 Å². The molecule has 1 N–H and O–H groups in total. The standard InChI is InChI=1S/C16H13ClFN3O3S/c1-10-7-13(18)5-6-14(10)25(22,23)19-9-15-20-16(21-24-15)11-3-2-4-12(17)8-11/h2-8,19H,9H2,1H3. The van der Waals surface area contributed by atoms with Crippen LogP contribution in [0.3, 0.4) is 0 Å². The lowest BCUT2D eigenvalue weighted by Crippen LogP contribution is -2.24. The minimum Gasteiger partial charge on any atom is -0.338 e. The van der Waals surface area contributed by atoms with Crippen LogP contribution in [0.1, 0.15) is 11.5 Å². The van der Waals surface area contributed by atoms with Gasteiger partial charge in [-0.05, 0) is 42.8 Å². The van der Waals surface area contributed by atoms with Crippen molar-refractivity contribution in [2.45, 2.75) is 18.4 Å². The summed E-state index contributed by atoms with van der Waals surface area (Å²) in [5.41, 5.74) is 0.956. The summed E-state index contributed by atoms with van der Waals surface area (Å²) in [5.74, 6) is -0.104. The van der Waals surface area contributed by atoms with E-state index < -0.39 is 15.8 Å². The van der Waals surface area contributed by atoms with Gasteiger partial charge in [-0.25, -0.2) is 17.5 Å². The maximum atomic E-state index is 13.1. The summed E-state index contributed by atoms with van der Waals surface area (Å²) in [6.45, 7) is 1.33. The first kappa shape index (κ1) is 17.5. The summed E-state index contributed by atoms with van der Waals surface area (Å²) in [6, 6.07) is 10.3. The van der Waals surface area contributed by atoms with Crippen molar-refractivity contribution in [3.05, 3.63) is 64.8 Å². The van der Waals surface area contributed by atoms with Gasteiger partial charge >= 0.3 is 0 Å². The first-order valence-electron chi connectivity index (χ1n) is 7.19. The third kappa shape index (κ3) is 4.04. The molecule has 0 aliphatic rings. The van der Waals surface area contributed by atoms with E-state index in [1.54, 1.807) is 24.3 Å². The largest absolute Gasteiger partial charge is 0.338 e. The molecular weight excluding hydrogens is 369 g/mol. The second-order valence-electron chi connectivity index (χ2n) is 5.26. The molecule has 0 bridgehead atoms. The summed E-state index contributed by atoms with van der Waals surface area (Å²) in [7, 11) is -3.83. The lowest BCUT2D eigenvalue weighted by Gasteiger charge is -2.07. The van der Waals surface area contributed by atoms with Crippen molar-refractivity contribution >= 4 is 21.6 Å². The normalized spacial score (nSPS) is 11.6. The fourth-order valence-corrected chi connectivity index (χ4v) is 3.61. The first-order valence-corrected chi connectivity index (χ1v) is 9.05. The number of nitrogens with zero attached hydrogens (tertiary/aromatic N) is 2. The quantitative estimate of drug-likeness (QED) is 0.732. The smallest absolute Gasteiger partial charge is 0.242 e. The molecular formula is C16H13ClFN3O3S. The number of aromatic nitrogens is 2. The number of aryl methyl sites for hydroxylation is 1. The van der Waals surface area contributed by atoms with Gasteiger partial charge in [-0.2, -0.15) is 4.98 Å². The zero-order chi connectivity index (χ0) is 18.0. The van der Waals surface area contributed by atoms with Crippen LogP contribution in [-0.2, 0) is 16.6 Å². The third-order valence-electron chi connectivity index (χ3n) is 3.39. The lowest BCUT2D eigenvalue weighted by molar-refractivity contribution is 0.376. The molecule has 9 heteroatoms. The van der Waals surface area contributed by atoms with Crippen molar-refractivity contribution in [3.63, 3.8) is 0 Å². The van der Waals surface area contributed by atoms with Gasteiger partial charge in [0.05, 0.1) is 11.4 Å². The summed E-state index contributed by atoms with van der Waals surface area (Å²) >= 11 is 5.91. The highest BCUT2D eigenvalue weighted by Gasteiger charge is 2.18. The van der Waals surface area contributed by atoms with E-state index in [-0.39, 0.29) is 17.3 Å². The van der Waals surface area contributed by atoms with E-state index in [2.05, 4.69) is 14.9 Å². The molecule has 0 saturated carbocycles. The predicted molar refractivity (Wildman–Crippen MR) is 89.9 cm³/mol. The van der Waals surface area contributed by atoms with Gasteiger partial charge in [-0.15, -0.1) is 0 Å². The van der Waals surface area contributed by atoms with E-state index in [9.17, 15) is 12.8 Å². The van der Waals surface area contributed by atoms with E-state index in [4.69, 9.17) is 16.1 Å². The van der Waals surface area contributed by atoms with Gasteiger partial charge in [0.25, 0.3) is 0 Å². The van der Waals surface area contributed by atoms with Gasteiger partial charge in [0, 0.05) is 10.6 Å². The van der Waals surface area contributed by atoms with Crippen LogP contribution in [0.5, 0.6) is 0 Å². The highest BCUT2D eigenvalue weighted by molar-refractivity contribution is 7.89. The number of benzene rings is 2. The molecule has 1 aromatic heterocycles. The SMILES string of the molecule is Cc1cc(F)ccc1S(=O)(=O)NCc1nc(-c2cccc(Cl)c2)no1. The topological polar surface area (TPSA) is 85.1 Å². The van der Waals surface area contributed by atoms with Crippen molar-refractivity contribution in [3.8, 4) is 11.4 Å². The van der Waals surface area contributed by atoms with Crippen LogP contribution in [0.25, 0.3) is 11.4 Å². The second-order valence-corrected chi connectivity index (χ2v) is 7.43. The Bertz CT molecular complexity index is 1020. The van der Waals surface area contributed by atoms with Crippen molar-refractivity contribution in [1.82, 2.24) is 14.9 Å². The third-order valence-corrected chi connectivity index (χ3v) is 5.19. The van der Waals surface area contributed by atoms with Crippen LogP contribution >= 0.6 is 11.6 Å². The Kier molecular flexibility index (Phi) is 4.85. The van der Waals surface area contributed by atoms with Crippen LogP contribution in [0.4, 0.5) is 4.39 Å².